The summed E-state index contributed by atoms with van der Waals surface area (Å²) in [7, 11) is 0. The van der Waals surface area contributed by atoms with Crippen molar-refractivity contribution in [1.29, 1.82) is 0 Å². The van der Waals surface area contributed by atoms with Crippen LogP contribution in [0.1, 0.15) is 158 Å². The molecule has 0 spiro atoms. The molecule has 0 bridgehead atoms. The molecule has 2 heterocycles. The largest absolute Gasteiger partial charge is 0.311 e. The molecule has 0 aromatic heterocycles. The highest BCUT2D eigenvalue weighted by Crippen LogP contribution is 2.51. The molecule has 0 fully saturated rings. The average molecular weight is 1230 g/mol. The van der Waals surface area contributed by atoms with E-state index in [1.165, 1.54) is 106 Å². The van der Waals surface area contributed by atoms with Gasteiger partial charge in [0.05, 0.1) is 5.69 Å². The van der Waals surface area contributed by atoms with Crippen molar-refractivity contribution < 1.29 is 0 Å². The highest BCUT2D eigenvalue weighted by molar-refractivity contribution is 7.00. The highest BCUT2D eigenvalue weighted by atomic mass is 15.2. The van der Waals surface area contributed by atoms with E-state index in [4.69, 9.17) is 0 Å². The van der Waals surface area contributed by atoms with E-state index in [0.29, 0.717) is 0 Å². The van der Waals surface area contributed by atoms with Gasteiger partial charge in [-0.3, -0.25) is 0 Å². The fourth-order valence-corrected chi connectivity index (χ4v) is 14.0. The first-order valence-corrected chi connectivity index (χ1v) is 34.1. The Kier molecular flexibility index (Phi) is 15.9. The van der Waals surface area contributed by atoms with Crippen LogP contribution in [0.15, 0.2) is 243 Å². The molecule has 0 amide bonds. The Hall–Kier alpha value is -9.12. The maximum Gasteiger partial charge on any atom is 0.252 e. The number of fused-ring (bicyclic) bond motifs is 4. The third kappa shape index (κ3) is 12.3. The SMILES string of the molecule is CC(C)(C)c1ccc(-c2cc(-c3ccc(C(C)(C)C)cc3)cc(N3c4ccc(C(C)(C)C)cc4B4c5cc(C(C)(C)C)ccc5N(c5cc(-c6ccc(C(C)(C)C)cc6)cc(-c6ccc(C(C)(C)C)cc6)c5)c5cc(N(c6ccccc6)c6ccccc6)cc3c54)c2)cc1. The van der Waals surface area contributed by atoms with E-state index in [9.17, 15) is 0 Å². The van der Waals surface area contributed by atoms with Crippen molar-refractivity contribution in [3.8, 4) is 44.5 Å². The lowest BCUT2D eigenvalue weighted by Crippen LogP contribution is -2.61. The predicted octanol–water partition coefficient (Wildman–Crippen LogP) is 23.7. The summed E-state index contributed by atoms with van der Waals surface area (Å²) in [4.78, 5) is 7.74. The Bertz CT molecular complexity index is 4170. The summed E-state index contributed by atoms with van der Waals surface area (Å²) in [5.41, 5.74) is 31.0. The Morgan fingerprint density at radius 1 is 0.234 bits per heavy atom. The summed E-state index contributed by atoms with van der Waals surface area (Å²) in [6.07, 6.45) is 0. The van der Waals surface area contributed by atoms with Crippen molar-refractivity contribution >= 4 is 74.3 Å². The second kappa shape index (κ2) is 23.4. The van der Waals surface area contributed by atoms with Crippen LogP contribution >= 0.6 is 0 Å². The lowest BCUT2D eigenvalue weighted by Gasteiger charge is -2.46. The van der Waals surface area contributed by atoms with Crippen LogP contribution in [0.2, 0.25) is 0 Å². The third-order valence-electron chi connectivity index (χ3n) is 19.8. The topological polar surface area (TPSA) is 9.72 Å². The fraction of sp³-hybridized carbons (Fsp3) is 0.267. The number of nitrogens with zero attached hydrogens (tertiary/aromatic N) is 3. The highest BCUT2D eigenvalue weighted by Gasteiger charge is 2.45. The molecule has 3 nitrogen and oxygen atoms in total. The average Bonchev–Trinajstić information content (AvgIpc) is 0.692. The second-order valence-corrected chi connectivity index (χ2v) is 32.9. The van der Waals surface area contributed by atoms with Crippen molar-refractivity contribution in [3.63, 3.8) is 0 Å². The van der Waals surface area contributed by atoms with Crippen LogP contribution in [0.4, 0.5) is 51.2 Å². The number of hydrogen-bond donors (Lipinski definition) is 0. The normalized spacial score (nSPS) is 13.4. The van der Waals surface area contributed by atoms with Crippen LogP contribution in [-0.4, -0.2) is 6.71 Å². The Balaban J connectivity index is 1.17. The van der Waals surface area contributed by atoms with Crippen molar-refractivity contribution in [2.45, 2.75) is 157 Å². The van der Waals surface area contributed by atoms with Crippen molar-refractivity contribution in [3.05, 3.63) is 276 Å². The molecular weight excluding hydrogens is 1130 g/mol. The number of benzene rings is 11. The molecule has 0 N–H and O–H groups in total. The Morgan fingerprint density at radius 2 is 0.500 bits per heavy atom. The standard InChI is InChI=1S/C90H94BN3/c1-85(2,3)67-37-29-59(30-38-67)63-49-64(60-31-39-68(40-32-60)86(4,5)6)52-75(51-63)93-80-47-45-71(89(13,14)15)55-78(80)91-79-56-72(90(16,17)18)46-48-81(79)94(83-58-77(57-82(93)84(83)91)92(73-25-21-19-22-26-73)74-27-23-20-24-28-74)76-53-65(61-33-41-69(42-34-61)87(7,8)9)50-66(54-76)62-35-43-70(44-36-62)88(10,11)12/h19-58H,1-18H3. The first-order chi connectivity index (χ1) is 44.4. The maximum atomic E-state index is 2.64. The zero-order valence-corrected chi connectivity index (χ0v) is 59.0. The van der Waals surface area contributed by atoms with Gasteiger partial charge in [-0.25, -0.2) is 0 Å². The molecule has 11 aromatic carbocycles. The van der Waals surface area contributed by atoms with E-state index in [2.05, 4.69) is 382 Å². The number of hydrogen-bond acceptors (Lipinski definition) is 3. The lowest BCUT2D eigenvalue weighted by molar-refractivity contribution is 0.590. The van der Waals surface area contributed by atoms with Crippen LogP contribution < -0.4 is 31.1 Å². The van der Waals surface area contributed by atoms with E-state index in [1.807, 2.05) is 0 Å². The zero-order chi connectivity index (χ0) is 66.6. The molecule has 0 saturated heterocycles. The first kappa shape index (κ1) is 63.6. The van der Waals surface area contributed by atoms with E-state index < -0.39 is 0 Å². The molecule has 11 aromatic rings. The zero-order valence-electron chi connectivity index (χ0n) is 59.0. The van der Waals surface area contributed by atoms with Gasteiger partial charge in [-0.1, -0.05) is 282 Å². The van der Waals surface area contributed by atoms with Gasteiger partial charge in [0, 0.05) is 45.5 Å². The van der Waals surface area contributed by atoms with Gasteiger partial charge in [-0.15, -0.1) is 0 Å². The monoisotopic (exact) mass is 1230 g/mol. The van der Waals surface area contributed by atoms with Gasteiger partial charge in [0.25, 0.3) is 6.71 Å². The van der Waals surface area contributed by atoms with Gasteiger partial charge < -0.3 is 14.7 Å². The minimum absolute atomic E-state index is 0.0101. The van der Waals surface area contributed by atoms with Gasteiger partial charge in [-0.2, -0.15) is 0 Å². The summed E-state index contributed by atoms with van der Waals surface area (Å²) in [6.45, 7) is 41.6. The van der Waals surface area contributed by atoms with Crippen molar-refractivity contribution in [2.75, 3.05) is 14.7 Å². The van der Waals surface area contributed by atoms with Crippen LogP contribution in [0.5, 0.6) is 0 Å². The van der Waals surface area contributed by atoms with E-state index in [-0.39, 0.29) is 39.2 Å². The minimum atomic E-state index is -0.141. The first-order valence-electron chi connectivity index (χ1n) is 34.1. The minimum Gasteiger partial charge on any atom is -0.311 e. The summed E-state index contributed by atoms with van der Waals surface area (Å²) in [5.74, 6) is 0. The number of rotatable bonds is 9. The Labute approximate surface area is 563 Å². The van der Waals surface area contributed by atoms with E-state index in [0.717, 1.165) is 39.8 Å². The van der Waals surface area contributed by atoms with Gasteiger partial charge in [-0.05, 0) is 212 Å². The van der Waals surface area contributed by atoms with Crippen LogP contribution in [0.25, 0.3) is 44.5 Å². The molecule has 0 aliphatic carbocycles. The van der Waals surface area contributed by atoms with E-state index >= 15 is 0 Å². The van der Waals surface area contributed by atoms with Gasteiger partial charge in [0.1, 0.15) is 0 Å². The lowest BCUT2D eigenvalue weighted by atomic mass is 9.33. The molecule has 2 aliphatic rings. The van der Waals surface area contributed by atoms with Crippen molar-refractivity contribution in [2.24, 2.45) is 0 Å². The molecule has 13 rings (SSSR count). The van der Waals surface area contributed by atoms with Gasteiger partial charge >= 0.3 is 0 Å². The molecule has 2 aliphatic heterocycles. The fourth-order valence-electron chi connectivity index (χ4n) is 14.0. The molecule has 0 unspecified atom stereocenters. The summed E-state index contributed by atoms with van der Waals surface area (Å²) in [5, 5.41) is 0. The van der Waals surface area contributed by atoms with Crippen LogP contribution in [0.3, 0.4) is 0 Å². The van der Waals surface area contributed by atoms with Gasteiger partial charge in [0.2, 0.25) is 0 Å². The summed E-state index contributed by atoms with van der Waals surface area (Å²) < 4.78 is 0. The van der Waals surface area contributed by atoms with Crippen molar-refractivity contribution in [1.82, 2.24) is 0 Å². The summed E-state index contributed by atoms with van der Waals surface area (Å²) in [6, 6.07) is 93.8. The van der Waals surface area contributed by atoms with Crippen LogP contribution in [-0.2, 0) is 32.5 Å². The summed E-state index contributed by atoms with van der Waals surface area (Å²) >= 11 is 0. The smallest absolute Gasteiger partial charge is 0.252 e. The molecule has 0 atom stereocenters. The quantitative estimate of drug-likeness (QED) is 0.133. The molecule has 0 radical (unpaired) electrons. The number of anilines is 9. The molecule has 4 heteroatoms. The molecule has 94 heavy (non-hydrogen) atoms. The van der Waals surface area contributed by atoms with Gasteiger partial charge in [0.15, 0.2) is 0 Å². The third-order valence-corrected chi connectivity index (χ3v) is 19.8. The molecule has 472 valence electrons. The molecular formula is C90H94BN3. The van der Waals surface area contributed by atoms with Crippen LogP contribution in [0, 0.1) is 0 Å². The van der Waals surface area contributed by atoms with E-state index in [1.54, 1.807) is 0 Å². The predicted molar refractivity (Wildman–Crippen MR) is 409 cm³/mol. The second-order valence-electron chi connectivity index (χ2n) is 32.9. The molecule has 0 saturated carbocycles. The number of para-hydroxylation sites is 2. The maximum absolute atomic E-state index is 2.64. The Morgan fingerprint density at radius 3 is 0.766 bits per heavy atom.